The second-order valence-corrected chi connectivity index (χ2v) is 7.31. The molecular weight excluding hydrogens is 435 g/mol. The van der Waals surface area contributed by atoms with Crippen molar-refractivity contribution in [1.82, 2.24) is 4.90 Å². The number of rotatable bonds is 8. The first kappa shape index (κ1) is 23.4. The quantitative estimate of drug-likeness (QED) is 0.463. The SMILES string of the molecule is COc1cc(NC(=O)CN(C)CC(=O)Nc2ccc(Cl)c(Cl)c2)c(C)cc1[N+](=O)[O-]. The van der Waals surface area contributed by atoms with E-state index in [1.165, 1.54) is 30.2 Å². The van der Waals surface area contributed by atoms with Crippen LogP contribution in [0.15, 0.2) is 30.3 Å². The third kappa shape index (κ3) is 6.31. The minimum atomic E-state index is -0.558. The smallest absolute Gasteiger partial charge is 0.311 e. The van der Waals surface area contributed by atoms with Gasteiger partial charge in [-0.15, -0.1) is 0 Å². The number of nitro groups is 1. The number of nitrogens with one attached hydrogen (secondary N) is 2. The van der Waals surface area contributed by atoms with Crippen LogP contribution in [0.25, 0.3) is 0 Å². The van der Waals surface area contributed by atoms with Gasteiger partial charge >= 0.3 is 5.69 Å². The maximum atomic E-state index is 12.3. The van der Waals surface area contributed by atoms with E-state index in [1.807, 2.05) is 0 Å². The summed E-state index contributed by atoms with van der Waals surface area (Å²) in [6.07, 6.45) is 0. The van der Waals surface area contributed by atoms with Gasteiger partial charge in [0.25, 0.3) is 0 Å². The average molecular weight is 455 g/mol. The Kier molecular flexibility index (Phi) is 7.99. The van der Waals surface area contributed by atoms with E-state index in [2.05, 4.69) is 10.6 Å². The zero-order chi connectivity index (χ0) is 22.4. The molecule has 2 aromatic rings. The molecule has 0 aliphatic rings. The van der Waals surface area contributed by atoms with Crippen LogP contribution in [-0.2, 0) is 9.59 Å². The summed E-state index contributed by atoms with van der Waals surface area (Å²) in [6, 6.07) is 7.42. The van der Waals surface area contributed by atoms with Crippen LogP contribution in [-0.4, -0.2) is 48.9 Å². The topological polar surface area (TPSA) is 114 Å². The molecule has 0 saturated heterocycles. The Morgan fingerprint density at radius 2 is 1.73 bits per heavy atom. The molecule has 0 aromatic heterocycles. The predicted molar refractivity (Wildman–Crippen MR) is 116 cm³/mol. The van der Waals surface area contributed by atoms with Gasteiger partial charge in [0.05, 0.1) is 35.2 Å². The number of ether oxygens (including phenoxy) is 1. The van der Waals surface area contributed by atoms with Crippen molar-refractivity contribution < 1.29 is 19.2 Å². The molecule has 9 nitrogen and oxygen atoms in total. The standard InChI is InChI=1S/C19H20Cl2N4O5/c1-11-6-16(25(28)29)17(30-3)8-15(11)23-19(27)10-24(2)9-18(26)22-12-4-5-13(20)14(21)7-12/h4-8H,9-10H2,1-3H3,(H,22,26)(H,23,27). The summed E-state index contributed by atoms with van der Waals surface area (Å²) in [5.74, 6) is -0.689. The summed E-state index contributed by atoms with van der Waals surface area (Å²) < 4.78 is 5.02. The first-order valence-corrected chi connectivity index (χ1v) is 9.42. The van der Waals surface area contributed by atoms with E-state index in [0.717, 1.165) is 0 Å². The highest BCUT2D eigenvalue weighted by Crippen LogP contribution is 2.32. The molecular formula is C19H20Cl2N4O5. The van der Waals surface area contributed by atoms with Crippen LogP contribution in [0.5, 0.6) is 5.75 Å². The number of hydrogen-bond donors (Lipinski definition) is 2. The van der Waals surface area contributed by atoms with Crippen LogP contribution in [0.1, 0.15) is 5.56 Å². The van der Waals surface area contributed by atoms with Crippen LogP contribution in [0.3, 0.4) is 0 Å². The monoisotopic (exact) mass is 454 g/mol. The predicted octanol–water partition coefficient (Wildman–Crippen LogP) is 3.73. The Morgan fingerprint density at radius 1 is 1.10 bits per heavy atom. The molecule has 2 N–H and O–H groups in total. The Balaban J connectivity index is 1.95. The van der Waals surface area contributed by atoms with Crippen molar-refractivity contribution in [2.75, 3.05) is 37.9 Å². The van der Waals surface area contributed by atoms with Crippen molar-refractivity contribution >= 4 is 52.1 Å². The van der Waals surface area contributed by atoms with Gasteiger partial charge < -0.3 is 15.4 Å². The summed E-state index contributed by atoms with van der Waals surface area (Å²) in [5, 5.41) is 17.1. The number of likely N-dealkylation sites (N-methyl/N-ethyl adjacent to an activating group) is 1. The lowest BCUT2D eigenvalue weighted by atomic mass is 10.1. The number of carbonyl (C=O) groups excluding carboxylic acids is 2. The van der Waals surface area contributed by atoms with Crippen molar-refractivity contribution in [1.29, 1.82) is 0 Å². The fourth-order valence-electron chi connectivity index (χ4n) is 2.62. The van der Waals surface area contributed by atoms with Gasteiger partial charge in [0.2, 0.25) is 11.8 Å². The number of aryl methyl sites for hydroxylation is 1. The maximum absolute atomic E-state index is 12.3. The van der Waals surface area contributed by atoms with Crippen molar-refractivity contribution in [3.63, 3.8) is 0 Å². The molecule has 0 aliphatic carbocycles. The van der Waals surface area contributed by atoms with Gasteiger partial charge in [-0.2, -0.15) is 0 Å². The molecule has 0 atom stereocenters. The second-order valence-electron chi connectivity index (χ2n) is 6.49. The number of halogens is 2. The maximum Gasteiger partial charge on any atom is 0.311 e. The number of benzene rings is 2. The van der Waals surface area contributed by atoms with Gasteiger partial charge in [-0.3, -0.25) is 24.6 Å². The van der Waals surface area contributed by atoms with Crippen molar-refractivity contribution in [2.45, 2.75) is 6.92 Å². The van der Waals surface area contributed by atoms with Gasteiger partial charge in [-0.25, -0.2) is 0 Å². The minimum Gasteiger partial charge on any atom is -0.490 e. The van der Waals surface area contributed by atoms with Crippen LogP contribution < -0.4 is 15.4 Å². The van der Waals surface area contributed by atoms with E-state index in [-0.39, 0.29) is 36.3 Å². The normalized spacial score (nSPS) is 10.6. The number of amides is 2. The minimum absolute atomic E-state index is 0.0373. The van der Waals surface area contributed by atoms with Gasteiger partial charge in [0, 0.05) is 23.5 Å². The molecule has 0 bridgehead atoms. The summed E-state index contributed by atoms with van der Waals surface area (Å²) in [7, 11) is 2.92. The second kappa shape index (κ2) is 10.2. The molecule has 2 rings (SSSR count). The lowest BCUT2D eigenvalue weighted by Gasteiger charge is -2.17. The molecule has 0 radical (unpaired) electrons. The van der Waals surface area contributed by atoms with E-state index >= 15 is 0 Å². The number of methoxy groups -OCH3 is 1. The highest BCUT2D eigenvalue weighted by molar-refractivity contribution is 6.42. The van der Waals surface area contributed by atoms with E-state index in [0.29, 0.717) is 27.0 Å². The van der Waals surface area contributed by atoms with Crippen molar-refractivity contribution in [3.8, 4) is 5.75 Å². The molecule has 11 heteroatoms. The van der Waals surface area contributed by atoms with Crippen LogP contribution in [0.4, 0.5) is 17.1 Å². The van der Waals surface area contributed by atoms with Crippen LogP contribution >= 0.6 is 23.2 Å². The largest absolute Gasteiger partial charge is 0.490 e. The number of anilines is 2. The summed E-state index contributed by atoms with van der Waals surface area (Å²) >= 11 is 11.8. The van der Waals surface area contributed by atoms with Crippen molar-refractivity contribution in [2.24, 2.45) is 0 Å². The number of nitro benzene ring substituents is 1. The number of hydrogen-bond acceptors (Lipinski definition) is 6. The van der Waals surface area contributed by atoms with E-state index in [4.69, 9.17) is 27.9 Å². The first-order chi connectivity index (χ1) is 14.1. The molecule has 2 amide bonds. The van der Waals surface area contributed by atoms with Gasteiger partial charge in [-0.05, 0) is 37.7 Å². The van der Waals surface area contributed by atoms with Gasteiger partial charge in [-0.1, -0.05) is 23.2 Å². The summed E-state index contributed by atoms with van der Waals surface area (Å²) in [6.45, 7) is 1.51. The molecule has 160 valence electrons. The lowest BCUT2D eigenvalue weighted by molar-refractivity contribution is -0.385. The van der Waals surface area contributed by atoms with Gasteiger partial charge in [0.1, 0.15) is 0 Å². The fourth-order valence-corrected chi connectivity index (χ4v) is 2.92. The molecule has 0 heterocycles. The molecule has 2 aromatic carbocycles. The Labute approximate surface area is 183 Å². The lowest BCUT2D eigenvalue weighted by Crippen LogP contribution is -2.36. The highest BCUT2D eigenvalue weighted by atomic mass is 35.5. The summed E-state index contributed by atoms with van der Waals surface area (Å²) in [4.78, 5) is 36.5. The molecule has 30 heavy (non-hydrogen) atoms. The summed E-state index contributed by atoms with van der Waals surface area (Å²) in [5.41, 5.74) is 1.19. The van der Waals surface area contributed by atoms with E-state index < -0.39 is 4.92 Å². The number of nitrogens with zero attached hydrogens (tertiary/aromatic N) is 2. The highest BCUT2D eigenvalue weighted by Gasteiger charge is 2.19. The average Bonchev–Trinajstić information content (AvgIpc) is 2.65. The third-order valence-corrected chi connectivity index (χ3v) is 4.77. The first-order valence-electron chi connectivity index (χ1n) is 8.67. The number of carbonyl (C=O) groups is 2. The fraction of sp³-hybridized carbons (Fsp3) is 0.263. The molecule has 0 aliphatic heterocycles. The molecule has 0 saturated carbocycles. The van der Waals surface area contributed by atoms with E-state index in [1.54, 1.807) is 26.1 Å². The van der Waals surface area contributed by atoms with Gasteiger partial charge in [0.15, 0.2) is 5.75 Å². The van der Waals surface area contributed by atoms with Crippen molar-refractivity contribution in [3.05, 3.63) is 56.1 Å². The van der Waals surface area contributed by atoms with Crippen LogP contribution in [0.2, 0.25) is 10.0 Å². The Hall–Kier alpha value is -2.88. The molecule has 0 unspecified atom stereocenters. The van der Waals surface area contributed by atoms with E-state index in [9.17, 15) is 19.7 Å². The Morgan fingerprint density at radius 3 is 2.30 bits per heavy atom. The third-order valence-electron chi connectivity index (χ3n) is 4.03. The molecule has 0 spiro atoms. The van der Waals surface area contributed by atoms with Crippen LogP contribution in [0, 0.1) is 17.0 Å². The zero-order valence-corrected chi connectivity index (χ0v) is 18.0. The zero-order valence-electron chi connectivity index (χ0n) is 16.5. The Bertz CT molecular complexity index is 984. The molecule has 0 fully saturated rings.